The Labute approximate surface area is 206 Å². The monoisotopic (exact) mass is 552 g/mol. The summed E-state index contributed by atoms with van der Waals surface area (Å²) in [6.07, 6.45) is -3.83. The molecule has 0 spiro atoms. The van der Waals surface area contributed by atoms with Gasteiger partial charge < -0.3 is 14.5 Å². The zero-order chi connectivity index (χ0) is 26.9. The van der Waals surface area contributed by atoms with E-state index >= 15 is 0 Å². The van der Waals surface area contributed by atoms with E-state index < -0.39 is 50.6 Å². The predicted octanol–water partition coefficient (Wildman–Crippen LogP) is 2.93. The van der Waals surface area contributed by atoms with Crippen LogP contribution in [0.5, 0.6) is 5.75 Å². The number of sulfone groups is 2. The average Bonchev–Trinajstić information content (AvgIpc) is 2.77. The lowest BCUT2D eigenvalue weighted by atomic mass is 10.1. The molecular weight excluding hydrogens is 528 g/mol. The fraction of sp³-hybridized carbons (Fsp3) is 0.409. The van der Waals surface area contributed by atoms with Gasteiger partial charge in [0.25, 0.3) is 5.91 Å². The highest BCUT2D eigenvalue weighted by molar-refractivity contribution is 7.91. The third-order valence-electron chi connectivity index (χ3n) is 5.51. The van der Waals surface area contributed by atoms with Gasteiger partial charge in [0.2, 0.25) is 0 Å². The van der Waals surface area contributed by atoms with Crippen LogP contribution in [0.4, 0.5) is 23.2 Å². The molecule has 0 aliphatic carbocycles. The van der Waals surface area contributed by atoms with Crippen molar-refractivity contribution < 1.29 is 43.9 Å². The fourth-order valence-corrected chi connectivity index (χ4v) is 4.88. The lowest BCUT2D eigenvalue weighted by Crippen LogP contribution is -2.49. The summed E-state index contributed by atoms with van der Waals surface area (Å²) < 4.78 is 104. The highest BCUT2D eigenvalue weighted by atomic mass is 32.2. The molecule has 14 heteroatoms. The van der Waals surface area contributed by atoms with Crippen molar-refractivity contribution in [1.29, 1.82) is 0 Å². The lowest BCUT2D eigenvalue weighted by Gasteiger charge is -2.36. The Morgan fingerprint density at radius 2 is 1.47 bits per heavy atom. The predicted molar refractivity (Wildman–Crippen MR) is 123 cm³/mol. The van der Waals surface area contributed by atoms with Gasteiger partial charge in [0.1, 0.15) is 11.6 Å². The van der Waals surface area contributed by atoms with Gasteiger partial charge in [-0.05, 0) is 36.4 Å². The summed E-state index contributed by atoms with van der Waals surface area (Å²) in [5.74, 6) is -1.56. The third kappa shape index (κ3) is 6.87. The molecule has 1 fully saturated rings. The van der Waals surface area contributed by atoms with Crippen molar-refractivity contribution in [3.8, 4) is 5.75 Å². The molecule has 0 N–H and O–H groups in total. The Morgan fingerprint density at radius 3 is 2.00 bits per heavy atom. The normalized spacial score (nSPS) is 15.2. The molecule has 3 rings (SSSR count). The molecule has 1 aliphatic rings. The quantitative estimate of drug-likeness (QED) is 0.487. The molecule has 0 bridgehead atoms. The van der Waals surface area contributed by atoms with E-state index in [1.165, 1.54) is 17.0 Å². The summed E-state index contributed by atoms with van der Waals surface area (Å²) in [5.41, 5.74) is -0.0398. The van der Waals surface area contributed by atoms with Crippen molar-refractivity contribution in [3.05, 3.63) is 47.8 Å². The van der Waals surface area contributed by atoms with Crippen molar-refractivity contribution in [1.82, 2.24) is 4.90 Å². The van der Waals surface area contributed by atoms with E-state index in [0.29, 0.717) is 0 Å². The summed E-state index contributed by atoms with van der Waals surface area (Å²) in [5, 5.41) is 0. The Bertz CT molecular complexity index is 1350. The van der Waals surface area contributed by atoms with Gasteiger partial charge in [0, 0.05) is 38.7 Å². The summed E-state index contributed by atoms with van der Waals surface area (Å²) in [4.78, 5) is 15.8. The van der Waals surface area contributed by atoms with E-state index in [1.807, 2.05) is 0 Å². The SMILES string of the molecule is CS(=O)(=O)c1ccc(N2CCN(C(=O)c3cc(S(C)(=O)=O)ccc3OCCC(F)(F)F)CC2)c(F)c1. The fourth-order valence-electron chi connectivity index (χ4n) is 3.60. The van der Waals surface area contributed by atoms with Gasteiger partial charge in [-0.1, -0.05) is 0 Å². The van der Waals surface area contributed by atoms with Crippen LogP contribution in [-0.2, 0) is 19.7 Å². The van der Waals surface area contributed by atoms with Gasteiger partial charge in [0.15, 0.2) is 19.7 Å². The maximum absolute atomic E-state index is 14.6. The first-order chi connectivity index (χ1) is 16.6. The van der Waals surface area contributed by atoms with E-state index in [0.717, 1.165) is 36.8 Å². The summed E-state index contributed by atoms with van der Waals surface area (Å²) in [7, 11) is -7.30. The number of halogens is 4. The molecule has 1 aliphatic heterocycles. The van der Waals surface area contributed by atoms with E-state index in [2.05, 4.69) is 0 Å². The van der Waals surface area contributed by atoms with E-state index in [9.17, 15) is 39.2 Å². The second-order valence-corrected chi connectivity index (χ2v) is 12.3. The zero-order valence-corrected chi connectivity index (χ0v) is 21.0. The Morgan fingerprint density at radius 1 is 0.917 bits per heavy atom. The van der Waals surface area contributed by atoms with Gasteiger partial charge in [-0.3, -0.25) is 4.79 Å². The molecular formula is C22H24F4N2O6S2. The number of ether oxygens (including phenoxy) is 1. The van der Waals surface area contributed by atoms with Crippen LogP contribution >= 0.6 is 0 Å². The maximum atomic E-state index is 14.6. The molecule has 0 atom stereocenters. The third-order valence-corrected chi connectivity index (χ3v) is 7.73. The number of carbonyl (C=O) groups is 1. The molecule has 1 amide bonds. The zero-order valence-electron chi connectivity index (χ0n) is 19.4. The number of alkyl halides is 3. The molecule has 0 unspecified atom stereocenters. The molecule has 1 saturated heterocycles. The van der Waals surface area contributed by atoms with Gasteiger partial charge >= 0.3 is 6.18 Å². The van der Waals surface area contributed by atoms with Crippen molar-refractivity contribution >= 4 is 31.3 Å². The number of rotatable bonds is 7. The number of anilines is 1. The van der Waals surface area contributed by atoms with Crippen molar-refractivity contribution in [2.24, 2.45) is 0 Å². The van der Waals surface area contributed by atoms with Crippen LogP contribution in [0.1, 0.15) is 16.8 Å². The lowest BCUT2D eigenvalue weighted by molar-refractivity contribution is -0.139. The van der Waals surface area contributed by atoms with Crippen LogP contribution in [0.25, 0.3) is 0 Å². The molecule has 36 heavy (non-hydrogen) atoms. The largest absolute Gasteiger partial charge is 0.492 e. The molecule has 2 aromatic rings. The second-order valence-electron chi connectivity index (χ2n) is 8.31. The van der Waals surface area contributed by atoms with Crippen LogP contribution in [0.2, 0.25) is 0 Å². The van der Waals surface area contributed by atoms with Gasteiger partial charge in [-0.2, -0.15) is 13.2 Å². The van der Waals surface area contributed by atoms with E-state index in [-0.39, 0.29) is 53.0 Å². The summed E-state index contributed by atoms with van der Waals surface area (Å²) in [6, 6.07) is 6.91. The summed E-state index contributed by atoms with van der Waals surface area (Å²) >= 11 is 0. The number of amides is 1. The molecule has 2 aromatic carbocycles. The van der Waals surface area contributed by atoms with E-state index in [4.69, 9.17) is 4.74 Å². The first-order valence-corrected chi connectivity index (χ1v) is 14.4. The van der Waals surface area contributed by atoms with Crippen molar-refractivity contribution in [2.75, 3.05) is 50.2 Å². The minimum absolute atomic E-state index is 0.0944. The number of benzene rings is 2. The van der Waals surface area contributed by atoms with Crippen molar-refractivity contribution in [3.63, 3.8) is 0 Å². The number of piperazine rings is 1. The van der Waals surface area contributed by atoms with Crippen LogP contribution in [-0.4, -0.2) is 79.1 Å². The standard InChI is InChI=1S/C22H24F4N2O6S2/c1-35(30,31)15-4-6-20(34-12-7-22(24,25)26)17(13-15)21(29)28-10-8-27(9-11-28)19-5-3-16(14-18(19)23)36(2,32)33/h3-6,13-14H,7-12H2,1-2H3. The molecule has 0 radical (unpaired) electrons. The maximum Gasteiger partial charge on any atom is 0.392 e. The van der Waals surface area contributed by atoms with Gasteiger partial charge in [-0.25, -0.2) is 21.2 Å². The molecule has 0 saturated carbocycles. The number of carbonyl (C=O) groups excluding carboxylic acids is 1. The van der Waals surface area contributed by atoms with Crippen LogP contribution < -0.4 is 9.64 Å². The first-order valence-electron chi connectivity index (χ1n) is 10.6. The van der Waals surface area contributed by atoms with Crippen molar-refractivity contribution in [2.45, 2.75) is 22.4 Å². The van der Waals surface area contributed by atoms with Gasteiger partial charge in [0.05, 0.1) is 34.1 Å². The smallest absolute Gasteiger partial charge is 0.392 e. The molecule has 8 nitrogen and oxygen atoms in total. The topological polar surface area (TPSA) is 101 Å². The second kappa shape index (κ2) is 10.2. The minimum atomic E-state index is -4.47. The number of nitrogens with zero attached hydrogens (tertiary/aromatic N) is 2. The van der Waals surface area contributed by atoms with E-state index in [1.54, 1.807) is 4.90 Å². The Kier molecular flexibility index (Phi) is 7.89. The summed E-state index contributed by atoms with van der Waals surface area (Å²) in [6.45, 7) is -0.208. The highest BCUT2D eigenvalue weighted by Gasteiger charge is 2.29. The number of hydrogen-bond acceptors (Lipinski definition) is 7. The van der Waals surface area contributed by atoms with Gasteiger partial charge in [-0.15, -0.1) is 0 Å². The average molecular weight is 553 g/mol. The Hall–Kier alpha value is -2.87. The highest BCUT2D eigenvalue weighted by Crippen LogP contribution is 2.28. The molecule has 198 valence electrons. The molecule has 0 aromatic heterocycles. The Balaban J connectivity index is 1.78. The van der Waals surface area contributed by atoms with Crippen LogP contribution in [0, 0.1) is 5.82 Å². The van der Waals surface area contributed by atoms with Crippen LogP contribution in [0.3, 0.4) is 0 Å². The first kappa shape index (κ1) is 27.7. The van der Waals surface area contributed by atoms with Crippen LogP contribution in [0.15, 0.2) is 46.2 Å². The number of hydrogen-bond donors (Lipinski definition) is 0. The molecule has 1 heterocycles. The minimum Gasteiger partial charge on any atom is -0.492 e.